The van der Waals surface area contributed by atoms with Gasteiger partial charge in [0.25, 0.3) is 0 Å². The molecule has 1 aromatic rings. The number of aromatic nitrogens is 1. The molecule has 100 valence electrons. The highest BCUT2D eigenvalue weighted by Gasteiger charge is 2.34. The van der Waals surface area contributed by atoms with E-state index in [0.29, 0.717) is 5.02 Å². The Morgan fingerprint density at radius 3 is 2.94 bits per heavy atom. The molecule has 1 aliphatic rings. The summed E-state index contributed by atoms with van der Waals surface area (Å²) in [6, 6.07) is 1.87. The number of anilines is 1. The number of pyridine rings is 1. The fourth-order valence-electron chi connectivity index (χ4n) is 2.18. The van der Waals surface area contributed by atoms with Gasteiger partial charge in [-0.1, -0.05) is 27.5 Å². The van der Waals surface area contributed by atoms with E-state index >= 15 is 0 Å². The first-order chi connectivity index (χ1) is 8.41. The van der Waals surface area contributed by atoms with E-state index in [4.69, 9.17) is 16.3 Å². The van der Waals surface area contributed by atoms with E-state index in [1.165, 1.54) is 0 Å². The average Bonchev–Trinajstić information content (AvgIpc) is 2.26. The lowest BCUT2D eigenvalue weighted by atomic mass is 10.1. The first-order valence-corrected chi connectivity index (χ1v) is 8.00. The molecule has 0 aliphatic carbocycles. The first kappa shape index (κ1) is 14.6. The van der Waals surface area contributed by atoms with Gasteiger partial charge in [0.1, 0.15) is 5.82 Å². The van der Waals surface area contributed by atoms with Crippen molar-refractivity contribution in [1.29, 1.82) is 0 Å². The van der Waals surface area contributed by atoms with Gasteiger partial charge in [-0.15, -0.1) is 0 Å². The van der Waals surface area contributed by atoms with E-state index in [-0.39, 0.29) is 11.7 Å². The Hall–Kier alpha value is 0.160. The van der Waals surface area contributed by atoms with Gasteiger partial charge in [-0.05, 0) is 35.8 Å². The number of halogens is 3. The molecular weight excluding hydrogens is 383 g/mol. The van der Waals surface area contributed by atoms with Crippen molar-refractivity contribution in [3.63, 3.8) is 0 Å². The molecule has 0 radical (unpaired) electrons. The fraction of sp³-hybridized carbons (Fsp3) is 0.583. The van der Waals surface area contributed by atoms with Crippen molar-refractivity contribution in [1.82, 2.24) is 4.98 Å². The molecule has 1 aromatic heterocycles. The van der Waals surface area contributed by atoms with Crippen molar-refractivity contribution in [3.05, 3.63) is 21.8 Å². The highest BCUT2D eigenvalue weighted by atomic mass is 79.9. The Morgan fingerprint density at radius 1 is 1.61 bits per heavy atom. The maximum atomic E-state index is 6.26. The molecule has 1 unspecified atom stereocenters. The van der Waals surface area contributed by atoms with Crippen molar-refractivity contribution >= 4 is 49.3 Å². The van der Waals surface area contributed by atoms with Crippen molar-refractivity contribution in [3.8, 4) is 0 Å². The molecule has 0 N–H and O–H groups in total. The molecular formula is C12H15Br2ClN2O. The molecule has 1 saturated heterocycles. The van der Waals surface area contributed by atoms with Crippen LogP contribution in [0.3, 0.4) is 0 Å². The lowest BCUT2D eigenvalue weighted by Crippen LogP contribution is -2.53. The summed E-state index contributed by atoms with van der Waals surface area (Å²) in [5, 5.41) is 1.47. The predicted octanol–water partition coefficient (Wildman–Crippen LogP) is 3.88. The number of nitrogens with zero attached hydrogens (tertiary/aromatic N) is 2. The van der Waals surface area contributed by atoms with E-state index in [9.17, 15) is 0 Å². The summed E-state index contributed by atoms with van der Waals surface area (Å²) in [6.45, 7) is 5.75. The van der Waals surface area contributed by atoms with Crippen LogP contribution < -0.4 is 4.90 Å². The second kappa shape index (κ2) is 5.65. The molecule has 0 aromatic carbocycles. The Kier molecular flexibility index (Phi) is 4.57. The third-order valence-corrected chi connectivity index (χ3v) is 4.18. The molecule has 2 heterocycles. The van der Waals surface area contributed by atoms with E-state index < -0.39 is 0 Å². The average molecular weight is 399 g/mol. The SMILES string of the molecule is CC1(C)CN(c2ncc(Br)cc2Cl)CC(CBr)O1. The summed E-state index contributed by atoms with van der Waals surface area (Å²) in [6.07, 6.45) is 1.92. The lowest BCUT2D eigenvalue weighted by Gasteiger charge is -2.43. The zero-order valence-corrected chi connectivity index (χ0v) is 14.2. The number of alkyl halides is 1. The van der Waals surface area contributed by atoms with E-state index in [1.807, 2.05) is 6.07 Å². The van der Waals surface area contributed by atoms with Crippen LogP contribution >= 0.6 is 43.5 Å². The van der Waals surface area contributed by atoms with E-state index in [2.05, 4.69) is 55.6 Å². The van der Waals surface area contributed by atoms with Gasteiger partial charge in [-0.3, -0.25) is 0 Å². The smallest absolute Gasteiger partial charge is 0.147 e. The molecule has 1 aliphatic heterocycles. The van der Waals surface area contributed by atoms with Crippen molar-refractivity contribution in [2.75, 3.05) is 23.3 Å². The molecule has 0 bridgehead atoms. The predicted molar refractivity (Wildman–Crippen MR) is 81.9 cm³/mol. The monoisotopic (exact) mass is 396 g/mol. The summed E-state index contributed by atoms with van der Waals surface area (Å²) in [5.41, 5.74) is -0.200. The molecule has 3 nitrogen and oxygen atoms in total. The van der Waals surface area contributed by atoms with Crippen LogP contribution in [0.15, 0.2) is 16.7 Å². The van der Waals surface area contributed by atoms with Gasteiger partial charge in [0.05, 0.1) is 16.7 Å². The fourth-order valence-corrected chi connectivity index (χ4v) is 3.26. The summed E-state index contributed by atoms with van der Waals surface area (Å²) < 4.78 is 6.86. The van der Waals surface area contributed by atoms with E-state index in [1.54, 1.807) is 6.20 Å². The van der Waals surface area contributed by atoms with Crippen LogP contribution in [-0.2, 0) is 4.74 Å². The summed E-state index contributed by atoms with van der Waals surface area (Å²) in [4.78, 5) is 6.60. The van der Waals surface area contributed by atoms with Crippen LogP contribution in [0.4, 0.5) is 5.82 Å². The Morgan fingerprint density at radius 2 is 2.33 bits per heavy atom. The van der Waals surface area contributed by atoms with Crippen LogP contribution in [0.25, 0.3) is 0 Å². The van der Waals surface area contributed by atoms with E-state index in [0.717, 1.165) is 28.7 Å². The second-order valence-corrected chi connectivity index (χ2v) is 6.96. The maximum Gasteiger partial charge on any atom is 0.147 e. The molecule has 0 saturated carbocycles. The van der Waals surface area contributed by atoms with Gasteiger partial charge in [-0.2, -0.15) is 0 Å². The molecule has 18 heavy (non-hydrogen) atoms. The molecule has 0 spiro atoms. The maximum absolute atomic E-state index is 6.26. The number of hydrogen-bond donors (Lipinski definition) is 0. The van der Waals surface area contributed by atoms with Gasteiger partial charge >= 0.3 is 0 Å². The van der Waals surface area contributed by atoms with Crippen LogP contribution in [0.2, 0.25) is 5.02 Å². The largest absolute Gasteiger partial charge is 0.368 e. The summed E-state index contributed by atoms with van der Waals surface area (Å²) in [5.74, 6) is 0.821. The lowest BCUT2D eigenvalue weighted by molar-refractivity contribution is -0.0725. The van der Waals surface area contributed by atoms with Crippen molar-refractivity contribution < 1.29 is 4.74 Å². The second-order valence-electron chi connectivity index (χ2n) is 4.99. The van der Waals surface area contributed by atoms with Crippen LogP contribution in [0.5, 0.6) is 0 Å². The molecule has 0 amide bonds. The van der Waals surface area contributed by atoms with Crippen LogP contribution in [0.1, 0.15) is 13.8 Å². The molecule has 1 atom stereocenters. The zero-order chi connectivity index (χ0) is 13.3. The number of hydrogen-bond acceptors (Lipinski definition) is 3. The summed E-state index contributed by atoms with van der Waals surface area (Å²) in [7, 11) is 0. The Labute approximate surface area is 129 Å². The van der Waals surface area contributed by atoms with Crippen LogP contribution in [0, 0.1) is 0 Å². The highest BCUT2D eigenvalue weighted by Crippen LogP contribution is 2.31. The molecule has 1 fully saturated rings. The van der Waals surface area contributed by atoms with Gasteiger partial charge < -0.3 is 9.64 Å². The molecule has 6 heteroatoms. The van der Waals surface area contributed by atoms with Gasteiger partial charge in [0.15, 0.2) is 0 Å². The minimum Gasteiger partial charge on any atom is -0.368 e. The van der Waals surface area contributed by atoms with Gasteiger partial charge in [-0.25, -0.2) is 4.98 Å². The van der Waals surface area contributed by atoms with Gasteiger partial charge in [0.2, 0.25) is 0 Å². The van der Waals surface area contributed by atoms with Crippen LogP contribution in [-0.4, -0.2) is 35.1 Å². The Balaban J connectivity index is 2.26. The zero-order valence-electron chi connectivity index (χ0n) is 10.3. The number of morpholine rings is 1. The number of rotatable bonds is 2. The summed E-state index contributed by atoms with van der Waals surface area (Å²) >= 11 is 13.1. The third-order valence-electron chi connectivity index (χ3n) is 2.74. The standard InChI is InChI=1S/C12H15Br2ClN2O/c1-12(2)7-17(6-9(4-13)18-12)11-10(15)3-8(14)5-16-11/h3,5,9H,4,6-7H2,1-2H3. The quantitative estimate of drug-likeness (QED) is 0.707. The minimum absolute atomic E-state index is 0.148. The van der Waals surface area contributed by atoms with Gasteiger partial charge in [0, 0.05) is 29.1 Å². The topological polar surface area (TPSA) is 25.4 Å². The first-order valence-electron chi connectivity index (χ1n) is 5.71. The highest BCUT2D eigenvalue weighted by molar-refractivity contribution is 9.10. The van der Waals surface area contributed by atoms with Crippen molar-refractivity contribution in [2.45, 2.75) is 25.6 Å². The third kappa shape index (κ3) is 3.38. The molecule has 2 rings (SSSR count). The minimum atomic E-state index is -0.200. The number of ether oxygens (including phenoxy) is 1. The van der Waals surface area contributed by atoms with Crippen molar-refractivity contribution in [2.24, 2.45) is 0 Å². The Bertz CT molecular complexity index is 442. The normalized spacial score (nSPS) is 23.2.